The Bertz CT molecular complexity index is 368. The van der Waals surface area contributed by atoms with Crippen LogP contribution in [0, 0.1) is 0 Å². The normalized spacial score (nSPS) is 12.9. The zero-order chi connectivity index (χ0) is 13.4. The van der Waals surface area contributed by atoms with Gasteiger partial charge in [-0.15, -0.1) is 12.6 Å². The van der Waals surface area contributed by atoms with Crippen LogP contribution >= 0.6 is 12.6 Å². The summed E-state index contributed by atoms with van der Waals surface area (Å²) in [7, 11) is 0. The third kappa shape index (κ3) is 3.28. The zero-order valence-corrected chi connectivity index (χ0v) is 13.2. The minimum atomic E-state index is 0.155. The number of hydrogen-bond donors (Lipinski definition) is 1. The molecule has 0 unspecified atom stereocenters. The molecule has 17 heavy (non-hydrogen) atoms. The summed E-state index contributed by atoms with van der Waals surface area (Å²) < 4.78 is 0. The quantitative estimate of drug-likeness (QED) is 0.656. The first-order chi connectivity index (χ1) is 7.57. The fourth-order valence-corrected chi connectivity index (χ4v) is 2.84. The molecule has 0 aromatic heterocycles. The molecule has 0 heterocycles. The first-order valence-electron chi connectivity index (χ1n) is 6.44. The van der Waals surface area contributed by atoms with E-state index < -0.39 is 0 Å². The Hall–Kier alpha value is -0.430. The predicted octanol–water partition coefficient (Wildman–Crippen LogP) is 5.13. The van der Waals surface area contributed by atoms with Crippen molar-refractivity contribution in [1.29, 1.82) is 0 Å². The van der Waals surface area contributed by atoms with Gasteiger partial charge < -0.3 is 0 Å². The third-order valence-corrected chi connectivity index (χ3v) is 3.68. The Kier molecular flexibility index (Phi) is 4.03. The van der Waals surface area contributed by atoms with Crippen molar-refractivity contribution in [3.05, 3.63) is 28.8 Å². The molecule has 0 radical (unpaired) electrons. The molecule has 0 atom stereocenters. The van der Waals surface area contributed by atoms with Gasteiger partial charge in [-0.1, -0.05) is 60.6 Å². The average molecular weight is 250 g/mol. The largest absolute Gasteiger partial charge is 0.143 e. The van der Waals surface area contributed by atoms with E-state index in [1.165, 1.54) is 21.6 Å². The summed E-state index contributed by atoms with van der Waals surface area (Å²) in [4.78, 5) is 1.17. The molecule has 1 aromatic carbocycles. The van der Waals surface area contributed by atoms with E-state index in [1.807, 2.05) is 0 Å². The van der Waals surface area contributed by atoms with Crippen LogP contribution in [-0.4, -0.2) is 0 Å². The highest BCUT2D eigenvalue weighted by molar-refractivity contribution is 7.80. The molecule has 0 fully saturated rings. The monoisotopic (exact) mass is 250 g/mol. The summed E-state index contributed by atoms with van der Waals surface area (Å²) >= 11 is 4.78. The standard InChI is InChI=1S/C16H26S/c1-8-11-9-12(15(2,3)4)14(17)13(10-11)16(5,6)7/h9-10,17H,8H2,1-7H3. The Morgan fingerprint density at radius 1 is 0.882 bits per heavy atom. The van der Waals surface area contributed by atoms with Gasteiger partial charge in [0.15, 0.2) is 0 Å². The number of hydrogen-bond acceptors (Lipinski definition) is 1. The van der Waals surface area contributed by atoms with Gasteiger partial charge in [0.2, 0.25) is 0 Å². The number of aryl methyl sites for hydroxylation is 1. The molecule has 0 N–H and O–H groups in total. The van der Waals surface area contributed by atoms with Crippen LogP contribution in [0.15, 0.2) is 17.0 Å². The minimum Gasteiger partial charge on any atom is -0.143 e. The van der Waals surface area contributed by atoms with Crippen LogP contribution < -0.4 is 0 Å². The van der Waals surface area contributed by atoms with Gasteiger partial charge in [-0.25, -0.2) is 0 Å². The van der Waals surface area contributed by atoms with Crippen molar-refractivity contribution >= 4 is 12.6 Å². The van der Waals surface area contributed by atoms with Gasteiger partial charge in [-0.3, -0.25) is 0 Å². The topological polar surface area (TPSA) is 0 Å². The minimum absolute atomic E-state index is 0.155. The van der Waals surface area contributed by atoms with E-state index >= 15 is 0 Å². The second kappa shape index (κ2) is 4.68. The Morgan fingerprint density at radius 2 is 1.24 bits per heavy atom. The maximum absolute atomic E-state index is 4.78. The number of benzene rings is 1. The lowest BCUT2D eigenvalue weighted by Crippen LogP contribution is -2.19. The molecule has 0 aliphatic carbocycles. The lowest BCUT2D eigenvalue weighted by molar-refractivity contribution is 0.545. The van der Waals surface area contributed by atoms with E-state index in [0.29, 0.717) is 0 Å². The number of rotatable bonds is 1. The molecule has 0 spiro atoms. The Labute approximate surface area is 112 Å². The van der Waals surface area contributed by atoms with Crippen LogP contribution in [-0.2, 0) is 17.3 Å². The highest BCUT2D eigenvalue weighted by Gasteiger charge is 2.24. The van der Waals surface area contributed by atoms with Crippen molar-refractivity contribution in [1.82, 2.24) is 0 Å². The third-order valence-electron chi connectivity index (χ3n) is 3.19. The summed E-state index contributed by atoms with van der Waals surface area (Å²) in [6.07, 6.45) is 1.08. The van der Waals surface area contributed by atoms with Crippen LogP contribution in [0.2, 0.25) is 0 Å². The molecule has 0 nitrogen and oxygen atoms in total. The molecular formula is C16H26S. The molecular weight excluding hydrogens is 224 g/mol. The van der Waals surface area contributed by atoms with E-state index in [1.54, 1.807) is 0 Å². The van der Waals surface area contributed by atoms with Crippen molar-refractivity contribution in [3.63, 3.8) is 0 Å². The van der Waals surface area contributed by atoms with Crippen molar-refractivity contribution in [2.45, 2.75) is 70.6 Å². The van der Waals surface area contributed by atoms with Gasteiger partial charge >= 0.3 is 0 Å². The van der Waals surface area contributed by atoms with Crippen LogP contribution in [0.5, 0.6) is 0 Å². The molecule has 0 saturated heterocycles. The van der Waals surface area contributed by atoms with E-state index in [4.69, 9.17) is 12.6 Å². The summed E-state index contributed by atoms with van der Waals surface area (Å²) in [6.45, 7) is 15.8. The van der Waals surface area contributed by atoms with Crippen molar-refractivity contribution in [2.24, 2.45) is 0 Å². The summed E-state index contributed by atoms with van der Waals surface area (Å²) in [5.41, 5.74) is 4.46. The van der Waals surface area contributed by atoms with E-state index in [9.17, 15) is 0 Å². The smallest absolute Gasteiger partial charge is 0.0115 e. The van der Waals surface area contributed by atoms with Crippen LogP contribution in [0.3, 0.4) is 0 Å². The van der Waals surface area contributed by atoms with Gasteiger partial charge in [-0.2, -0.15) is 0 Å². The lowest BCUT2D eigenvalue weighted by Gasteiger charge is -2.29. The number of thiol groups is 1. The van der Waals surface area contributed by atoms with Crippen molar-refractivity contribution in [3.8, 4) is 0 Å². The van der Waals surface area contributed by atoms with E-state index in [2.05, 4.69) is 60.6 Å². The van der Waals surface area contributed by atoms with Gasteiger partial charge in [0.05, 0.1) is 0 Å². The molecule has 1 rings (SSSR count). The second-order valence-corrected chi connectivity index (χ2v) is 7.34. The highest BCUT2D eigenvalue weighted by atomic mass is 32.1. The Morgan fingerprint density at radius 3 is 1.47 bits per heavy atom. The van der Waals surface area contributed by atoms with E-state index in [0.717, 1.165) is 6.42 Å². The molecule has 0 saturated carbocycles. The van der Waals surface area contributed by atoms with Gasteiger partial charge in [0.25, 0.3) is 0 Å². The highest BCUT2D eigenvalue weighted by Crippen LogP contribution is 2.37. The second-order valence-electron chi connectivity index (χ2n) is 6.89. The Balaban J connectivity index is 3.53. The summed E-state index contributed by atoms with van der Waals surface area (Å²) in [5.74, 6) is 0. The first kappa shape index (κ1) is 14.6. The average Bonchev–Trinajstić information content (AvgIpc) is 2.14. The first-order valence-corrected chi connectivity index (χ1v) is 6.89. The van der Waals surface area contributed by atoms with Crippen LogP contribution in [0.25, 0.3) is 0 Å². The fourth-order valence-electron chi connectivity index (χ4n) is 2.04. The fraction of sp³-hybridized carbons (Fsp3) is 0.625. The van der Waals surface area contributed by atoms with Gasteiger partial charge in [0, 0.05) is 4.90 Å². The molecule has 96 valence electrons. The maximum atomic E-state index is 4.78. The predicted molar refractivity (Wildman–Crippen MR) is 80.5 cm³/mol. The maximum Gasteiger partial charge on any atom is 0.0115 e. The molecule has 0 aliphatic heterocycles. The van der Waals surface area contributed by atoms with Crippen LogP contribution in [0.4, 0.5) is 0 Å². The molecule has 1 aromatic rings. The molecule has 0 aliphatic rings. The van der Waals surface area contributed by atoms with Gasteiger partial charge in [-0.05, 0) is 33.9 Å². The zero-order valence-electron chi connectivity index (χ0n) is 12.3. The lowest BCUT2D eigenvalue weighted by atomic mass is 9.79. The molecule has 1 heteroatoms. The molecule has 0 amide bonds. The van der Waals surface area contributed by atoms with Gasteiger partial charge in [0.1, 0.15) is 0 Å². The van der Waals surface area contributed by atoms with Crippen molar-refractivity contribution < 1.29 is 0 Å². The summed E-state index contributed by atoms with van der Waals surface area (Å²) in [6, 6.07) is 4.63. The SMILES string of the molecule is CCc1cc(C(C)(C)C)c(S)c(C(C)(C)C)c1. The summed E-state index contributed by atoms with van der Waals surface area (Å²) in [5, 5.41) is 0. The van der Waals surface area contributed by atoms with Crippen molar-refractivity contribution in [2.75, 3.05) is 0 Å². The van der Waals surface area contributed by atoms with E-state index in [-0.39, 0.29) is 10.8 Å². The molecule has 0 bridgehead atoms. The van der Waals surface area contributed by atoms with Crippen LogP contribution in [0.1, 0.15) is 65.2 Å².